The minimum absolute atomic E-state index is 0.00580. The molecule has 1 unspecified atom stereocenters. The summed E-state index contributed by atoms with van der Waals surface area (Å²) in [6.07, 6.45) is 3.23. The van der Waals surface area contributed by atoms with Gasteiger partial charge in [-0.25, -0.2) is 4.98 Å². The van der Waals surface area contributed by atoms with Gasteiger partial charge in [-0.2, -0.15) is 0 Å². The molecule has 6 nitrogen and oxygen atoms in total. The van der Waals surface area contributed by atoms with Gasteiger partial charge in [0.05, 0.1) is 4.91 Å². The largest absolute Gasteiger partial charge is 0.302 e. The van der Waals surface area contributed by atoms with E-state index in [1.165, 1.54) is 11.3 Å². The Morgan fingerprint density at radius 3 is 2.73 bits per heavy atom. The average Bonchev–Trinajstić information content (AvgIpc) is 3.18. The van der Waals surface area contributed by atoms with Crippen LogP contribution in [0.4, 0.5) is 9.93 Å². The maximum atomic E-state index is 12.6. The second-order valence-electron chi connectivity index (χ2n) is 5.54. The number of nitrogens with one attached hydrogen (secondary N) is 1. The highest BCUT2D eigenvalue weighted by Crippen LogP contribution is 2.34. The number of aromatic nitrogens is 1. The lowest BCUT2D eigenvalue weighted by Crippen LogP contribution is -2.39. The van der Waals surface area contributed by atoms with Crippen molar-refractivity contribution in [2.24, 2.45) is 0 Å². The molecule has 0 saturated carbocycles. The summed E-state index contributed by atoms with van der Waals surface area (Å²) in [6, 6.07) is 6.40. The molecule has 1 aliphatic heterocycles. The molecule has 0 radical (unpaired) electrons. The van der Waals surface area contributed by atoms with E-state index in [0.29, 0.717) is 15.1 Å². The van der Waals surface area contributed by atoms with E-state index in [1.54, 1.807) is 48.8 Å². The first kappa shape index (κ1) is 18.6. The van der Waals surface area contributed by atoms with Crippen LogP contribution >= 0.6 is 34.7 Å². The smallest absolute Gasteiger partial charge is 0.293 e. The molecule has 0 aliphatic carbocycles. The molecule has 3 amide bonds. The van der Waals surface area contributed by atoms with Gasteiger partial charge in [0.15, 0.2) is 5.13 Å². The van der Waals surface area contributed by atoms with Crippen molar-refractivity contribution in [1.82, 2.24) is 9.88 Å². The number of thioether (sulfide) groups is 1. The molecule has 1 N–H and O–H groups in total. The van der Waals surface area contributed by atoms with E-state index in [9.17, 15) is 14.4 Å². The number of hydrogen-bond acceptors (Lipinski definition) is 6. The fourth-order valence-corrected chi connectivity index (χ4v) is 3.99. The van der Waals surface area contributed by atoms with E-state index in [4.69, 9.17) is 11.6 Å². The van der Waals surface area contributed by atoms with Crippen LogP contribution in [0, 0.1) is 0 Å². The minimum atomic E-state index is -0.557. The lowest BCUT2D eigenvalue weighted by Gasteiger charge is -2.20. The molecular weight excluding hydrogens is 394 g/mol. The van der Waals surface area contributed by atoms with E-state index in [2.05, 4.69) is 10.3 Å². The number of rotatable bonds is 5. The zero-order valence-corrected chi connectivity index (χ0v) is 16.0. The predicted molar refractivity (Wildman–Crippen MR) is 104 cm³/mol. The molecule has 2 aromatic rings. The summed E-state index contributed by atoms with van der Waals surface area (Å²) in [5.41, 5.74) is 0.772. The number of amides is 3. The number of hydrogen-bond donors (Lipinski definition) is 1. The number of imide groups is 1. The second-order valence-corrected chi connectivity index (χ2v) is 7.87. The quantitative estimate of drug-likeness (QED) is 0.749. The predicted octanol–water partition coefficient (Wildman–Crippen LogP) is 4.25. The Labute approximate surface area is 163 Å². The molecule has 0 spiro atoms. The summed E-state index contributed by atoms with van der Waals surface area (Å²) >= 11 is 8.01. The van der Waals surface area contributed by atoms with Gasteiger partial charge in [-0.05, 0) is 42.5 Å². The third-order valence-electron chi connectivity index (χ3n) is 3.59. The van der Waals surface area contributed by atoms with Gasteiger partial charge >= 0.3 is 0 Å². The highest BCUT2D eigenvalue weighted by molar-refractivity contribution is 8.18. The van der Waals surface area contributed by atoms with E-state index in [1.807, 2.05) is 0 Å². The first-order valence-corrected chi connectivity index (χ1v) is 9.73. The Morgan fingerprint density at radius 1 is 1.35 bits per heavy atom. The number of carbonyl (C=O) groups is 3. The van der Waals surface area contributed by atoms with Crippen molar-refractivity contribution < 1.29 is 14.4 Å². The maximum Gasteiger partial charge on any atom is 0.293 e. The standard InChI is InChI=1S/C17H14ClN3O3S2/c1-10(8-14(22)20-16-19-6-7-25-16)21-15(23)13(26-17(21)24)9-11-2-4-12(18)5-3-11/h2-7,9-10H,8H2,1H3,(H,19,20,22)/b13-9-. The molecule has 1 fully saturated rings. The molecule has 1 aromatic carbocycles. The van der Waals surface area contributed by atoms with E-state index >= 15 is 0 Å². The zero-order chi connectivity index (χ0) is 18.7. The molecule has 3 rings (SSSR count). The Bertz CT molecular complexity index is 866. The fourth-order valence-electron chi connectivity index (χ4n) is 2.39. The summed E-state index contributed by atoms with van der Waals surface area (Å²) in [5.74, 6) is -0.697. The van der Waals surface area contributed by atoms with Gasteiger partial charge in [-0.3, -0.25) is 19.3 Å². The summed E-state index contributed by atoms with van der Waals surface area (Å²) in [5, 5.41) is 5.09. The van der Waals surface area contributed by atoms with Crippen molar-refractivity contribution in [2.45, 2.75) is 19.4 Å². The Morgan fingerprint density at radius 2 is 2.08 bits per heavy atom. The Kier molecular flexibility index (Phi) is 5.75. The van der Waals surface area contributed by atoms with Crippen LogP contribution in [-0.2, 0) is 9.59 Å². The average molecular weight is 408 g/mol. The van der Waals surface area contributed by atoms with Crippen LogP contribution in [0.2, 0.25) is 5.02 Å². The summed E-state index contributed by atoms with van der Waals surface area (Å²) in [6.45, 7) is 1.67. The second kappa shape index (κ2) is 8.03. The van der Waals surface area contributed by atoms with Crippen molar-refractivity contribution in [1.29, 1.82) is 0 Å². The maximum absolute atomic E-state index is 12.6. The Balaban J connectivity index is 1.68. The number of anilines is 1. The van der Waals surface area contributed by atoms with Crippen LogP contribution in [-0.4, -0.2) is 33.0 Å². The molecule has 1 aliphatic rings. The van der Waals surface area contributed by atoms with Crippen molar-refractivity contribution >= 4 is 63.0 Å². The summed E-state index contributed by atoms with van der Waals surface area (Å²) in [7, 11) is 0. The van der Waals surface area contributed by atoms with Gasteiger partial charge in [-0.1, -0.05) is 23.7 Å². The van der Waals surface area contributed by atoms with Crippen LogP contribution in [0.5, 0.6) is 0 Å². The molecule has 9 heteroatoms. The van der Waals surface area contributed by atoms with Crippen LogP contribution in [0.25, 0.3) is 6.08 Å². The lowest BCUT2D eigenvalue weighted by atomic mass is 10.2. The van der Waals surface area contributed by atoms with E-state index in [0.717, 1.165) is 22.2 Å². The van der Waals surface area contributed by atoms with Crippen molar-refractivity contribution in [3.05, 3.63) is 51.3 Å². The topological polar surface area (TPSA) is 79.4 Å². The summed E-state index contributed by atoms with van der Waals surface area (Å²) < 4.78 is 0. The molecule has 26 heavy (non-hydrogen) atoms. The summed E-state index contributed by atoms with van der Waals surface area (Å²) in [4.78, 5) is 42.3. The van der Waals surface area contributed by atoms with Crippen LogP contribution in [0.15, 0.2) is 40.7 Å². The Hall–Kier alpha value is -2.16. The van der Waals surface area contributed by atoms with Crippen LogP contribution < -0.4 is 5.32 Å². The number of benzene rings is 1. The third-order valence-corrected chi connectivity index (χ3v) is 5.42. The highest BCUT2D eigenvalue weighted by atomic mass is 35.5. The SMILES string of the molecule is CC(CC(=O)Nc1nccs1)N1C(=O)S/C(=C\c2ccc(Cl)cc2)C1=O. The minimum Gasteiger partial charge on any atom is -0.302 e. The van der Waals surface area contributed by atoms with Crippen LogP contribution in [0.1, 0.15) is 18.9 Å². The number of nitrogens with zero attached hydrogens (tertiary/aromatic N) is 2. The number of carbonyl (C=O) groups excluding carboxylic acids is 3. The molecular formula is C17H14ClN3O3S2. The first-order valence-electron chi connectivity index (χ1n) is 7.66. The molecule has 0 bridgehead atoms. The third kappa shape index (κ3) is 4.32. The molecule has 1 aromatic heterocycles. The van der Waals surface area contributed by atoms with Crippen molar-refractivity contribution in [3.63, 3.8) is 0 Å². The first-order chi connectivity index (χ1) is 12.4. The fraction of sp³-hybridized carbons (Fsp3) is 0.176. The molecule has 2 heterocycles. The van der Waals surface area contributed by atoms with Gasteiger partial charge in [0.25, 0.3) is 11.1 Å². The highest BCUT2D eigenvalue weighted by Gasteiger charge is 2.38. The van der Waals surface area contributed by atoms with E-state index < -0.39 is 11.9 Å². The van der Waals surface area contributed by atoms with Gasteiger partial charge in [0, 0.05) is 29.1 Å². The van der Waals surface area contributed by atoms with Crippen molar-refractivity contribution in [3.8, 4) is 0 Å². The zero-order valence-electron chi connectivity index (χ0n) is 13.6. The molecule has 134 valence electrons. The van der Waals surface area contributed by atoms with Gasteiger partial charge < -0.3 is 5.32 Å². The molecule has 1 atom stereocenters. The number of thiazole rings is 1. The normalized spacial score (nSPS) is 17.0. The van der Waals surface area contributed by atoms with Gasteiger partial charge in [-0.15, -0.1) is 11.3 Å². The van der Waals surface area contributed by atoms with Gasteiger partial charge in [0.2, 0.25) is 5.91 Å². The molecule has 1 saturated heterocycles. The van der Waals surface area contributed by atoms with Gasteiger partial charge in [0.1, 0.15) is 0 Å². The monoisotopic (exact) mass is 407 g/mol. The van der Waals surface area contributed by atoms with Crippen molar-refractivity contribution in [2.75, 3.05) is 5.32 Å². The lowest BCUT2D eigenvalue weighted by molar-refractivity contribution is -0.125. The van der Waals surface area contributed by atoms with Crippen LogP contribution in [0.3, 0.4) is 0 Å². The van der Waals surface area contributed by atoms with E-state index in [-0.39, 0.29) is 17.6 Å². The number of halogens is 1.